The lowest BCUT2D eigenvalue weighted by Gasteiger charge is -2.28. The van der Waals surface area contributed by atoms with Gasteiger partial charge in [0.15, 0.2) is 0 Å². The van der Waals surface area contributed by atoms with Gasteiger partial charge in [-0.1, -0.05) is 5.16 Å². The van der Waals surface area contributed by atoms with Gasteiger partial charge in [0.25, 0.3) is 0 Å². The summed E-state index contributed by atoms with van der Waals surface area (Å²) in [6, 6.07) is 0. The minimum atomic E-state index is -0.998. The first-order valence-corrected chi connectivity index (χ1v) is 6.21. The number of carboxylic acids is 1. The van der Waals surface area contributed by atoms with Crippen molar-refractivity contribution < 1.29 is 24.0 Å². The number of hydrogen-bond acceptors (Lipinski definition) is 5. The molecule has 1 unspecified atom stereocenters. The molecule has 2 N–H and O–H groups in total. The van der Waals surface area contributed by atoms with Gasteiger partial charge in [0.2, 0.25) is 5.91 Å². The Hall–Kier alpha value is -1.89. The number of aromatic nitrogens is 1. The highest BCUT2D eigenvalue weighted by atomic mass is 16.5. The molecular formula is C13H20N2O5. The maximum absolute atomic E-state index is 12.1. The maximum atomic E-state index is 12.1. The molecule has 0 aliphatic heterocycles. The molecule has 1 heterocycles. The first kappa shape index (κ1) is 16.2. The fourth-order valence-corrected chi connectivity index (χ4v) is 2.08. The number of carboxylic acid groups (broad SMARTS) is 1. The fraction of sp³-hybridized carbons (Fsp3) is 0.615. The number of ether oxygens (including phenoxy) is 1. The van der Waals surface area contributed by atoms with Gasteiger partial charge in [0.1, 0.15) is 5.76 Å². The zero-order valence-electron chi connectivity index (χ0n) is 12.1. The second-order valence-corrected chi connectivity index (χ2v) is 5.09. The van der Waals surface area contributed by atoms with Crippen LogP contribution in [0.1, 0.15) is 30.4 Å². The van der Waals surface area contributed by atoms with Crippen LogP contribution in [-0.2, 0) is 20.7 Å². The monoisotopic (exact) mass is 284 g/mol. The van der Waals surface area contributed by atoms with Crippen molar-refractivity contribution in [1.29, 1.82) is 0 Å². The van der Waals surface area contributed by atoms with Crippen molar-refractivity contribution in [2.75, 3.05) is 13.7 Å². The Morgan fingerprint density at radius 3 is 2.55 bits per heavy atom. The largest absolute Gasteiger partial charge is 0.481 e. The van der Waals surface area contributed by atoms with Crippen molar-refractivity contribution in [2.24, 2.45) is 0 Å². The third-order valence-electron chi connectivity index (χ3n) is 2.96. The average molecular weight is 284 g/mol. The summed E-state index contributed by atoms with van der Waals surface area (Å²) < 4.78 is 9.97. The molecule has 1 rings (SSSR count). The second-order valence-electron chi connectivity index (χ2n) is 5.09. The lowest BCUT2D eigenvalue weighted by atomic mass is 9.98. The Bertz CT molecular complexity index is 477. The minimum absolute atomic E-state index is 0.0973. The number of amides is 1. The molecule has 0 spiro atoms. The van der Waals surface area contributed by atoms with Crippen molar-refractivity contribution in [3.05, 3.63) is 17.0 Å². The summed E-state index contributed by atoms with van der Waals surface area (Å²) in [5, 5.41) is 15.4. The summed E-state index contributed by atoms with van der Waals surface area (Å²) in [6.45, 7) is 5.24. The van der Waals surface area contributed by atoms with Crippen LogP contribution in [0.5, 0.6) is 0 Å². The molecule has 0 aromatic carbocycles. The van der Waals surface area contributed by atoms with Crippen LogP contribution < -0.4 is 5.32 Å². The highest BCUT2D eigenvalue weighted by molar-refractivity contribution is 5.80. The first-order chi connectivity index (χ1) is 9.27. The highest BCUT2D eigenvalue weighted by Crippen LogP contribution is 2.15. The Balaban J connectivity index is 2.74. The fourth-order valence-electron chi connectivity index (χ4n) is 2.08. The Labute approximate surface area is 117 Å². The first-order valence-electron chi connectivity index (χ1n) is 6.21. The van der Waals surface area contributed by atoms with Crippen molar-refractivity contribution in [2.45, 2.75) is 39.2 Å². The van der Waals surface area contributed by atoms with Crippen LogP contribution in [0.4, 0.5) is 0 Å². The van der Waals surface area contributed by atoms with Crippen LogP contribution in [0.3, 0.4) is 0 Å². The van der Waals surface area contributed by atoms with Crippen LogP contribution in [0, 0.1) is 13.8 Å². The third-order valence-corrected chi connectivity index (χ3v) is 2.96. The van der Waals surface area contributed by atoms with Crippen LogP contribution >= 0.6 is 0 Å². The molecular weight excluding hydrogens is 264 g/mol. The Morgan fingerprint density at radius 2 is 2.10 bits per heavy atom. The van der Waals surface area contributed by atoms with Gasteiger partial charge in [-0.25, -0.2) is 0 Å². The number of hydrogen-bond donors (Lipinski definition) is 2. The molecule has 0 saturated heterocycles. The standard InChI is InChI=1S/C13H20N2O5/c1-8-10(9(2)20-15-8)5-11(16)14-13(3,7-19-4)6-12(17)18/h5-7H2,1-4H3,(H,14,16)(H,17,18). The van der Waals surface area contributed by atoms with E-state index in [0.717, 1.165) is 5.56 Å². The van der Waals surface area contributed by atoms with Crippen LogP contribution in [-0.4, -0.2) is 41.4 Å². The van der Waals surface area contributed by atoms with Crippen molar-refractivity contribution in [3.63, 3.8) is 0 Å². The van der Waals surface area contributed by atoms with Gasteiger partial charge in [0, 0.05) is 12.7 Å². The normalized spacial score (nSPS) is 13.8. The molecule has 0 aliphatic carbocycles. The molecule has 7 nitrogen and oxygen atoms in total. The van der Waals surface area contributed by atoms with Gasteiger partial charge in [-0.3, -0.25) is 9.59 Å². The van der Waals surface area contributed by atoms with Crippen molar-refractivity contribution >= 4 is 11.9 Å². The molecule has 1 aromatic rings. The van der Waals surface area contributed by atoms with Gasteiger partial charge in [-0.05, 0) is 20.8 Å². The molecule has 7 heteroatoms. The number of methoxy groups -OCH3 is 1. The Morgan fingerprint density at radius 1 is 1.45 bits per heavy atom. The summed E-state index contributed by atoms with van der Waals surface area (Å²) in [6.07, 6.45) is -0.117. The van der Waals surface area contributed by atoms with E-state index in [1.165, 1.54) is 7.11 Å². The molecule has 0 bridgehead atoms. The number of aryl methyl sites for hydroxylation is 2. The van der Waals surface area contributed by atoms with E-state index >= 15 is 0 Å². The molecule has 1 aromatic heterocycles. The predicted molar refractivity (Wildman–Crippen MR) is 70.4 cm³/mol. The van der Waals surface area contributed by atoms with Gasteiger partial charge in [0.05, 0.1) is 30.7 Å². The maximum Gasteiger partial charge on any atom is 0.305 e. The van der Waals surface area contributed by atoms with E-state index in [9.17, 15) is 9.59 Å². The number of nitrogens with one attached hydrogen (secondary N) is 1. The van der Waals surface area contributed by atoms with E-state index in [4.69, 9.17) is 14.4 Å². The molecule has 0 aliphatic rings. The van der Waals surface area contributed by atoms with Crippen molar-refractivity contribution in [1.82, 2.24) is 10.5 Å². The quantitative estimate of drug-likeness (QED) is 0.769. The minimum Gasteiger partial charge on any atom is -0.481 e. The van der Waals surface area contributed by atoms with E-state index < -0.39 is 11.5 Å². The lowest BCUT2D eigenvalue weighted by Crippen LogP contribution is -2.51. The summed E-state index contributed by atoms with van der Waals surface area (Å²) >= 11 is 0. The predicted octanol–water partition coefficient (Wildman–Crippen LogP) is 0.830. The summed E-state index contributed by atoms with van der Waals surface area (Å²) in [4.78, 5) is 22.9. The summed E-state index contributed by atoms with van der Waals surface area (Å²) in [5.41, 5.74) is 0.429. The SMILES string of the molecule is COCC(C)(CC(=O)O)NC(=O)Cc1c(C)noc1C. The molecule has 0 radical (unpaired) electrons. The van der Waals surface area contributed by atoms with Gasteiger partial charge in [-0.15, -0.1) is 0 Å². The number of aliphatic carboxylic acids is 1. The highest BCUT2D eigenvalue weighted by Gasteiger charge is 2.30. The number of carbonyl (C=O) groups excluding carboxylic acids is 1. The van der Waals surface area contributed by atoms with Crippen LogP contribution in [0.2, 0.25) is 0 Å². The second kappa shape index (κ2) is 6.51. The van der Waals surface area contributed by atoms with E-state index in [0.29, 0.717) is 11.5 Å². The van der Waals surface area contributed by atoms with E-state index in [1.54, 1.807) is 20.8 Å². The molecule has 1 atom stereocenters. The molecule has 0 saturated carbocycles. The zero-order chi connectivity index (χ0) is 15.3. The molecule has 1 amide bonds. The van der Waals surface area contributed by atoms with Crippen molar-refractivity contribution in [3.8, 4) is 0 Å². The number of nitrogens with zero attached hydrogens (tertiary/aromatic N) is 1. The van der Waals surface area contributed by atoms with Gasteiger partial charge >= 0.3 is 5.97 Å². The Kier molecular flexibility index (Phi) is 5.26. The lowest BCUT2D eigenvalue weighted by molar-refractivity contribution is -0.139. The topological polar surface area (TPSA) is 102 Å². The van der Waals surface area contributed by atoms with Crippen LogP contribution in [0.15, 0.2) is 4.52 Å². The van der Waals surface area contributed by atoms with E-state index in [-0.39, 0.29) is 25.4 Å². The third kappa shape index (κ3) is 4.34. The van der Waals surface area contributed by atoms with E-state index in [1.807, 2.05) is 0 Å². The van der Waals surface area contributed by atoms with E-state index in [2.05, 4.69) is 10.5 Å². The molecule has 20 heavy (non-hydrogen) atoms. The van der Waals surface area contributed by atoms with Crippen LogP contribution in [0.25, 0.3) is 0 Å². The average Bonchev–Trinajstić information content (AvgIpc) is 2.59. The van der Waals surface area contributed by atoms with Gasteiger partial charge in [-0.2, -0.15) is 0 Å². The number of rotatable bonds is 7. The molecule has 0 fully saturated rings. The number of carbonyl (C=O) groups is 2. The summed E-state index contributed by atoms with van der Waals surface area (Å²) in [5.74, 6) is -0.702. The summed E-state index contributed by atoms with van der Waals surface area (Å²) in [7, 11) is 1.46. The smallest absolute Gasteiger partial charge is 0.305 e. The zero-order valence-corrected chi connectivity index (χ0v) is 12.1. The van der Waals surface area contributed by atoms with Gasteiger partial charge < -0.3 is 19.7 Å². The molecule has 112 valence electrons.